The number of benzene rings is 1. The molecule has 3 heteroatoms. The Morgan fingerprint density at radius 2 is 2.12 bits per heavy atom. The summed E-state index contributed by atoms with van der Waals surface area (Å²) in [6.07, 6.45) is 3.68. The van der Waals surface area contributed by atoms with Gasteiger partial charge in [0.15, 0.2) is 0 Å². The highest BCUT2D eigenvalue weighted by Crippen LogP contribution is 2.18. The number of nitrogens with zero attached hydrogens (tertiary/aromatic N) is 1. The Labute approximate surface area is 110 Å². The van der Waals surface area contributed by atoms with Gasteiger partial charge in [0.05, 0.1) is 0 Å². The highest BCUT2D eigenvalue weighted by atomic mass is 79.9. The maximum absolute atomic E-state index is 4.09. The molecule has 0 amide bonds. The van der Waals surface area contributed by atoms with E-state index >= 15 is 0 Å². The van der Waals surface area contributed by atoms with E-state index in [9.17, 15) is 0 Å². The van der Waals surface area contributed by atoms with Crippen molar-refractivity contribution in [3.05, 3.63) is 63.9 Å². The van der Waals surface area contributed by atoms with Crippen molar-refractivity contribution in [3.8, 4) is 0 Å². The van der Waals surface area contributed by atoms with Crippen molar-refractivity contribution < 1.29 is 0 Å². The average Bonchev–Trinajstić information content (AvgIpc) is 2.33. The normalized spacial score (nSPS) is 10.5. The predicted molar refractivity (Wildman–Crippen MR) is 73.7 cm³/mol. The van der Waals surface area contributed by atoms with Crippen molar-refractivity contribution in [2.45, 2.75) is 20.0 Å². The minimum atomic E-state index is 0.841. The summed E-state index contributed by atoms with van der Waals surface area (Å²) in [7, 11) is 0. The number of halogens is 1. The van der Waals surface area contributed by atoms with E-state index in [1.165, 1.54) is 16.7 Å². The van der Waals surface area contributed by atoms with E-state index in [1.54, 1.807) is 6.20 Å². The van der Waals surface area contributed by atoms with Crippen LogP contribution in [0.25, 0.3) is 0 Å². The van der Waals surface area contributed by atoms with Gasteiger partial charge in [-0.05, 0) is 35.7 Å². The Hall–Kier alpha value is -1.19. The molecule has 0 radical (unpaired) electrons. The van der Waals surface area contributed by atoms with E-state index in [2.05, 4.69) is 57.4 Å². The molecule has 0 unspecified atom stereocenters. The van der Waals surface area contributed by atoms with Gasteiger partial charge in [-0.3, -0.25) is 4.98 Å². The molecule has 0 bridgehead atoms. The van der Waals surface area contributed by atoms with Gasteiger partial charge in [0.2, 0.25) is 0 Å². The molecular formula is C14H15BrN2. The average molecular weight is 291 g/mol. The number of aryl methyl sites for hydroxylation is 1. The van der Waals surface area contributed by atoms with E-state index < -0.39 is 0 Å². The minimum absolute atomic E-state index is 0.841. The minimum Gasteiger partial charge on any atom is -0.309 e. The second kappa shape index (κ2) is 5.94. The van der Waals surface area contributed by atoms with E-state index in [-0.39, 0.29) is 0 Å². The molecule has 0 saturated carbocycles. The van der Waals surface area contributed by atoms with Crippen molar-refractivity contribution in [2.24, 2.45) is 0 Å². The Morgan fingerprint density at radius 1 is 1.24 bits per heavy atom. The zero-order chi connectivity index (χ0) is 12.1. The highest BCUT2D eigenvalue weighted by Gasteiger charge is 1.99. The molecule has 2 aromatic rings. The molecule has 0 spiro atoms. The molecule has 2 nitrogen and oxygen atoms in total. The first kappa shape index (κ1) is 12.3. The fraction of sp³-hybridized carbons (Fsp3) is 0.214. The second-order valence-electron chi connectivity index (χ2n) is 4.06. The molecule has 0 aliphatic rings. The number of hydrogen-bond donors (Lipinski definition) is 1. The standard InChI is InChI=1S/C14H15BrN2/c1-11-4-5-13(14(15)7-11)10-17-9-12-3-2-6-16-8-12/h2-8,17H,9-10H2,1H3. The molecule has 1 aromatic heterocycles. The predicted octanol–water partition coefficient (Wildman–Crippen LogP) is 3.44. The lowest BCUT2D eigenvalue weighted by atomic mass is 10.1. The summed E-state index contributed by atoms with van der Waals surface area (Å²) in [6.45, 7) is 3.79. The highest BCUT2D eigenvalue weighted by molar-refractivity contribution is 9.10. The largest absolute Gasteiger partial charge is 0.309 e. The number of rotatable bonds is 4. The molecule has 0 aliphatic heterocycles. The van der Waals surface area contributed by atoms with Crippen LogP contribution in [0.3, 0.4) is 0 Å². The summed E-state index contributed by atoms with van der Waals surface area (Å²) >= 11 is 3.58. The summed E-state index contributed by atoms with van der Waals surface area (Å²) in [4.78, 5) is 4.09. The Kier molecular flexibility index (Phi) is 4.29. The summed E-state index contributed by atoms with van der Waals surface area (Å²) in [6, 6.07) is 10.4. The van der Waals surface area contributed by atoms with Crippen molar-refractivity contribution >= 4 is 15.9 Å². The molecule has 17 heavy (non-hydrogen) atoms. The molecule has 0 fully saturated rings. The van der Waals surface area contributed by atoms with Gasteiger partial charge in [0.1, 0.15) is 0 Å². The maximum Gasteiger partial charge on any atom is 0.0312 e. The van der Waals surface area contributed by atoms with Gasteiger partial charge in [0.25, 0.3) is 0 Å². The van der Waals surface area contributed by atoms with Gasteiger partial charge < -0.3 is 5.32 Å². The molecule has 88 valence electrons. The third kappa shape index (κ3) is 3.65. The quantitative estimate of drug-likeness (QED) is 0.933. The van der Waals surface area contributed by atoms with Crippen LogP contribution >= 0.6 is 15.9 Å². The van der Waals surface area contributed by atoms with Crippen LogP contribution in [0.5, 0.6) is 0 Å². The monoisotopic (exact) mass is 290 g/mol. The lowest BCUT2D eigenvalue weighted by molar-refractivity contribution is 0.689. The van der Waals surface area contributed by atoms with Crippen LogP contribution in [0, 0.1) is 6.92 Å². The first-order chi connectivity index (χ1) is 8.25. The smallest absolute Gasteiger partial charge is 0.0312 e. The second-order valence-corrected chi connectivity index (χ2v) is 4.91. The van der Waals surface area contributed by atoms with Gasteiger partial charge in [-0.15, -0.1) is 0 Å². The Bertz CT molecular complexity index is 483. The SMILES string of the molecule is Cc1ccc(CNCc2cccnc2)c(Br)c1. The summed E-state index contributed by atoms with van der Waals surface area (Å²) in [5, 5.41) is 3.41. The van der Waals surface area contributed by atoms with Crippen LogP contribution in [0.15, 0.2) is 47.2 Å². The number of hydrogen-bond acceptors (Lipinski definition) is 2. The van der Waals surface area contributed by atoms with Gasteiger partial charge in [-0.25, -0.2) is 0 Å². The first-order valence-electron chi connectivity index (χ1n) is 5.60. The van der Waals surface area contributed by atoms with Crippen LogP contribution in [0.2, 0.25) is 0 Å². The number of aromatic nitrogens is 1. The Morgan fingerprint density at radius 3 is 2.82 bits per heavy atom. The van der Waals surface area contributed by atoms with Crippen LogP contribution in [-0.4, -0.2) is 4.98 Å². The van der Waals surface area contributed by atoms with E-state index in [0.29, 0.717) is 0 Å². The van der Waals surface area contributed by atoms with Gasteiger partial charge >= 0.3 is 0 Å². The summed E-state index contributed by atoms with van der Waals surface area (Å²) in [5.41, 5.74) is 3.75. The molecule has 2 rings (SSSR count). The Balaban J connectivity index is 1.90. The molecule has 0 saturated heterocycles. The summed E-state index contributed by atoms with van der Waals surface area (Å²) < 4.78 is 1.16. The number of nitrogens with one attached hydrogen (secondary N) is 1. The molecule has 0 aliphatic carbocycles. The lowest BCUT2D eigenvalue weighted by Crippen LogP contribution is -2.13. The van der Waals surface area contributed by atoms with Crippen LogP contribution in [0.4, 0.5) is 0 Å². The molecule has 1 N–H and O–H groups in total. The topological polar surface area (TPSA) is 24.9 Å². The molecule has 1 aromatic carbocycles. The summed E-state index contributed by atoms with van der Waals surface area (Å²) in [5.74, 6) is 0. The third-order valence-electron chi connectivity index (χ3n) is 2.58. The van der Waals surface area contributed by atoms with Crippen LogP contribution < -0.4 is 5.32 Å². The zero-order valence-electron chi connectivity index (χ0n) is 9.78. The van der Waals surface area contributed by atoms with Crippen molar-refractivity contribution in [2.75, 3.05) is 0 Å². The molecule has 0 atom stereocenters. The van der Waals surface area contributed by atoms with Crippen molar-refractivity contribution in [1.29, 1.82) is 0 Å². The lowest BCUT2D eigenvalue weighted by Gasteiger charge is -2.07. The fourth-order valence-corrected chi connectivity index (χ4v) is 2.27. The van der Waals surface area contributed by atoms with Crippen LogP contribution in [0.1, 0.15) is 16.7 Å². The number of pyridine rings is 1. The van der Waals surface area contributed by atoms with E-state index in [0.717, 1.165) is 17.6 Å². The maximum atomic E-state index is 4.09. The first-order valence-corrected chi connectivity index (χ1v) is 6.39. The zero-order valence-corrected chi connectivity index (χ0v) is 11.4. The third-order valence-corrected chi connectivity index (χ3v) is 3.31. The van der Waals surface area contributed by atoms with Crippen molar-refractivity contribution in [1.82, 2.24) is 10.3 Å². The van der Waals surface area contributed by atoms with Gasteiger partial charge in [-0.1, -0.05) is 34.1 Å². The van der Waals surface area contributed by atoms with E-state index in [1.807, 2.05) is 12.3 Å². The fourth-order valence-electron chi connectivity index (χ4n) is 1.64. The van der Waals surface area contributed by atoms with Gasteiger partial charge in [-0.2, -0.15) is 0 Å². The van der Waals surface area contributed by atoms with E-state index in [4.69, 9.17) is 0 Å². The van der Waals surface area contributed by atoms with Crippen molar-refractivity contribution in [3.63, 3.8) is 0 Å². The van der Waals surface area contributed by atoms with Gasteiger partial charge in [0, 0.05) is 30.0 Å². The molecular weight excluding hydrogens is 276 g/mol. The van der Waals surface area contributed by atoms with Crippen LogP contribution in [-0.2, 0) is 13.1 Å². The molecule has 1 heterocycles.